The molecule has 1 amide bonds. The van der Waals surface area contributed by atoms with Gasteiger partial charge in [0, 0.05) is 13.0 Å². The summed E-state index contributed by atoms with van der Waals surface area (Å²) in [5.74, 6) is 0.395. The van der Waals surface area contributed by atoms with E-state index in [0.29, 0.717) is 23.4 Å². The van der Waals surface area contributed by atoms with Crippen LogP contribution in [0.1, 0.15) is 43.9 Å². The fourth-order valence-electron chi connectivity index (χ4n) is 3.42. The molecule has 0 aliphatic rings. The van der Waals surface area contributed by atoms with Crippen molar-refractivity contribution in [1.82, 2.24) is 14.9 Å². The summed E-state index contributed by atoms with van der Waals surface area (Å²) in [4.78, 5) is 29.6. The highest BCUT2D eigenvalue weighted by Gasteiger charge is 2.16. The molecule has 1 N–H and O–H groups in total. The molecular weight excluding hydrogens is 350 g/mol. The Hall–Kier alpha value is -2.95. The Morgan fingerprint density at radius 3 is 2.57 bits per heavy atom. The van der Waals surface area contributed by atoms with Crippen LogP contribution in [0, 0.1) is 12.8 Å². The molecule has 28 heavy (non-hydrogen) atoms. The van der Waals surface area contributed by atoms with Gasteiger partial charge in [-0.1, -0.05) is 56.3 Å². The first-order chi connectivity index (χ1) is 13.5. The van der Waals surface area contributed by atoms with E-state index in [1.165, 1.54) is 10.9 Å². The number of amides is 1. The predicted octanol–water partition coefficient (Wildman–Crippen LogP) is 4.00. The van der Waals surface area contributed by atoms with Crippen LogP contribution in [0.15, 0.2) is 59.7 Å². The zero-order valence-corrected chi connectivity index (χ0v) is 16.7. The van der Waals surface area contributed by atoms with E-state index in [9.17, 15) is 9.59 Å². The van der Waals surface area contributed by atoms with Gasteiger partial charge in [0.25, 0.3) is 5.56 Å². The van der Waals surface area contributed by atoms with Crippen LogP contribution < -0.4 is 10.9 Å². The first-order valence-corrected chi connectivity index (χ1v) is 9.74. The fraction of sp³-hybridized carbons (Fsp3) is 0.348. The van der Waals surface area contributed by atoms with Crippen LogP contribution in [0.3, 0.4) is 0 Å². The molecule has 0 saturated carbocycles. The maximum atomic E-state index is 12.7. The lowest BCUT2D eigenvalue weighted by molar-refractivity contribution is -0.122. The van der Waals surface area contributed by atoms with E-state index in [2.05, 4.69) is 24.1 Å². The second-order valence-electron chi connectivity index (χ2n) is 7.62. The van der Waals surface area contributed by atoms with E-state index in [1.54, 1.807) is 6.07 Å². The van der Waals surface area contributed by atoms with Gasteiger partial charge in [0.05, 0.1) is 23.3 Å². The molecule has 5 heteroatoms. The normalized spacial score (nSPS) is 12.3. The Kier molecular flexibility index (Phi) is 6.24. The molecule has 0 spiro atoms. The Morgan fingerprint density at radius 1 is 1.11 bits per heavy atom. The smallest absolute Gasteiger partial charge is 0.261 e. The number of hydrogen-bond acceptors (Lipinski definition) is 3. The highest BCUT2D eigenvalue weighted by Crippen LogP contribution is 2.21. The molecule has 0 radical (unpaired) electrons. The van der Waals surface area contributed by atoms with Gasteiger partial charge in [-0.2, -0.15) is 0 Å². The summed E-state index contributed by atoms with van der Waals surface area (Å²) in [7, 11) is 0. The van der Waals surface area contributed by atoms with Crippen molar-refractivity contribution in [2.24, 2.45) is 5.92 Å². The van der Waals surface area contributed by atoms with Crippen LogP contribution >= 0.6 is 0 Å². The molecular formula is C23H27N3O2. The number of nitrogens with zero attached hydrogens (tertiary/aromatic N) is 2. The summed E-state index contributed by atoms with van der Waals surface area (Å²) in [5.41, 5.74) is 2.68. The van der Waals surface area contributed by atoms with E-state index in [1.807, 2.05) is 49.4 Å². The van der Waals surface area contributed by atoms with E-state index in [4.69, 9.17) is 0 Å². The van der Waals surface area contributed by atoms with Crippen molar-refractivity contribution in [3.05, 3.63) is 76.3 Å². The molecule has 146 valence electrons. The number of carbonyl (C=O) groups is 1. The lowest BCUT2D eigenvalue weighted by Gasteiger charge is -2.21. The largest absolute Gasteiger partial charge is 0.349 e. The lowest BCUT2D eigenvalue weighted by Crippen LogP contribution is -2.31. The van der Waals surface area contributed by atoms with Crippen molar-refractivity contribution in [1.29, 1.82) is 0 Å². The van der Waals surface area contributed by atoms with Crippen LogP contribution in [-0.2, 0) is 11.3 Å². The monoisotopic (exact) mass is 377 g/mol. The first-order valence-electron chi connectivity index (χ1n) is 9.74. The van der Waals surface area contributed by atoms with Crippen molar-refractivity contribution in [2.45, 2.75) is 46.2 Å². The zero-order chi connectivity index (χ0) is 20.1. The van der Waals surface area contributed by atoms with Crippen molar-refractivity contribution in [3.63, 3.8) is 0 Å². The maximum Gasteiger partial charge on any atom is 0.261 e. The Morgan fingerprint density at radius 2 is 1.86 bits per heavy atom. The molecule has 0 saturated heterocycles. The molecule has 5 nitrogen and oxygen atoms in total. The Bertz CT molecular complexity index is 1010. The number of aromatic nitrogens is 2. The van der Waals surface area contributed by atoms with Gasteiger partial charge in [-0.05, 0) is 36.5 Å². The molecule has 0 aliphatic heterocycles. The van der Waals surface area contributed by atoms with Crippen molar-refractivity contribution < 1.29 is 4.79 Å². The number of nitrogens with one attached hydrogen (secondary N) is 1. The number of fused-ring (bicyclic) bond motifs is 1. The second kappa shape index (κ2) is 8.83. The minimum atomic E-state index is -0.108. The second-order valence-corrected chi connectivity index (χ2v) is 7.62. The SMILES string of the molecule is Cc1cccc2c(=O)n(CCC(=O)N[C@H](CC(C)C)c3ccccc3)cnc12. The van der Waals surface area contributed by atoms with Crippen LogP contribution in [0.4, 0.5) is 0 Å². The average molecular weight is 377 g/mol. The van der Waals surface area contributed by atoms with Crippen LogP contribution in [0.5, 0.6) is 0 Å². The van der Waals surface area contributed by atoms with Gasteiger partial charge in [0.1, 0.15) is 0 Å². The molecule has 3 rings (SSSR count). The summed E-state index contributed by atoms with van der Waals surface area (Å²) in [6.07, 6.45) is 2.64. The van der Waals surface area contributed by atoms with Crippen molar-refractivity contribution >= 4 is 16.8 Å². The average Bonchev–Trinajstić information content (AvgIpc) is 2.68. The molecule has 1 aromatic heterocycles. The van der Waals surface area contributed by atoms with Gasteiger partial charge in [0.2, 0.25) is 5.91 Å². The Balaban J connectivity index is 1.70. The van der Waals surface area contributed by atoms with Gasteiger partial charge in [-0.25, -0.2) is 4.98 Å². The van der Waals surface area contributed by atoms with Gasteiger partial charge in [0.15, 0.2) is 0 Å². The molecule has 2 aromatic carbocycles. The van der Waals surface area contributed by atoms with Crippen molar-refractivity contribution in [2.75, 3.05) is 0 Å². The third kappa shape index (κ3) is 4.66. The molecule has 1 heterocycles. The number of para-hydroxylation sites is 1. The van der Waals surface area contributed by atoms with Crippen LogP contribution in [-0.4, -0.2) is 15.5 Å². The van der Waals surface area contributed by atoms with Crippen LogP contribution in [0.25, 0.3) is 10.9 Å². The van der Waals surface area contributed by atoms with Crippen molar-refractivity contribution in [3.8, 4) is 0 Å². The van der Waals surface area contributed by atoms with Crippen LogP contribution in [0.2, 0.25) is 0 Å². The topological polar surface area (TPSA) is 64.0 Å². The third-order valence-electron chi connectivity index (χ3n) is 4.88. The number of carbonyl (C=O) groups excluding carboxylic acids is 1. The minimum absolute atomic E-state index is 0.0252. The standard InChI is InChI=1S/C23H27N3O2/c1-16(2)14-20(18-9-5-4-6-10-18)25-21(27)12-13-26-15-24-22-17(3)8-7-11-19(22)23(26)28/h4-11,15-16,20H,12-14H2,1-3H3,(H,25,27)/t20-/m1/s1. The molecule has 1 atom stereocenters. The van der Waals surface area contributed by atoms with Gasteiger partial charge in [-0.3, -0.25) is 14.2 Å². The summed E-state index contributed by atoms with van der Waals surface area (Å²) in [6.45, 7) is 6.53. The highest BCUT2D eigenvalue weighted by atomic mass is 16.2. The minimum Gasteiger partial charge on any atom is -0.349 e. The summed E-state index contributed by atoms with van der Waals surface area (Å²) in [6, 6.07) is 15.6. The van der Waals surface area contributed by atoms with E-state index in [0.717, 1.165) is 17.5 Å². The third-order valence-corrected chi connectivity index (χ3v) is 4.88. The number of rotatable bonds is 7. The fourth-order valence-corrected chi connectivity index (χ4v) is 3.42. The molecule has 0 fully saturated rings. The van der Waals surface area contributed by atoms with E-state index < -0.39 is 0 Å². The Labute approximate surface area is 165 Å². The summed E-state index contributed by atoms with van der Waals surface area (Å²) in [5, 5.41) is 3.71. The highest BCUT2D eigenvalue weighted by molar-refractivity contribution is 5.80. The maximum absolute atomic E-state index is 12.7. The lowest BCUT2D eigenvalue weighted by atomic mass is 9.97. The van der Waals surface area contributed by atoms with Gasteiger partial charge < -0.3 is 5.32 Å². The molecule has 0 bridgehead atoms. The van der Waals surface area contributed by atoms with E-state index in [-0.39, 0.29) is 23.9 Å². The van der Waals surface area contributed by atoms with E-state index >= 15 is 0 Å². The summed E-state index contributed by atoms with van der Waals surface area (Å²) >= 11 is 0. The summed E-state index contributed by atoms with van der Waals surface area (Å²) < 4.78 is 1.52. The van der Waals surface area contributed by atoms with Gasteiger partial charge in [-0.15, -0.1) is 0 Å². The molecule has 0 aliphatic carbocycles. The quantitative estimate of drug-likeness (QED) is 0.677. The predicted molar refractivity (Wildman–Crippen MR) is 112 cm³/mol. The number of hydrogen-bond donors (Lipinski definition) is 1. The zero-order valence-electron chi connectivity index (χ0n) is 16.7. The number of aryl methyl sites for hydroxylation is 2. The molecule has 3 aromatic rings. The first kappa shape index (κ1) is 19.8. The van der Waals surface area contributed by atoms with Gasteiger partial charge >= 0.3 is 0 Å². The molecule has 0 unspecified atom stereocenters. The number of benzene rings is 2.